The molecule has 24 heavy (non-hydrogen) atoms. The Bertz CT molecular complexity index is 776. The number of aryl methyl sites for hydroxylation is 1. The Kier molecular flexibility index (Phi) is 4.97. The molecule has 0 saturated heterocycles. The summed E-state index contributed by atoms with van der Waals surface area (Å²) in [5.41, 5.74) is 1.50. The summed E-state index contributed by atoms with van der Waals surface area (Å²) in [6, 6.07) is 0.921. The van der Waals surface area contributed by atoms with Crippen LogP contribution in [0.25, 0.3) is 10.2 Å². The molecule has 2 aromatic rings. The minimum absolute atomic E-state index is 0.207. The average Bonchev–Trinajstić information content (AvgIpc) is 3.22. The van der Waals surface area contributed by atoms with Crippen LogP contribution in [0.2, 0.25) is 0 Å². The van der Waals surface area contributed by atoms with E-state index in [9.17, 15) is 4.79 Å². The molecule has 1 saturated carbocycles. The molecule has 4 nitrogen and oxygen atoms in total. The van der Waals surface area contributed by atoms with Crippen LogP contribution in [-0.2, 0) is 12.8 Å². The Hall–Kier alpha value is -0.850. The van der Waals surface area contributed by atoms with Gasteiger partial charge in [0, 0.05) is 29.3 Å². The zero-order chi connectivity index (χ0) is 16.5. The lowest BCUT2D eigenvalue weighted by Crippen LogP contribution is -2.35. The summed E-state index contributed by atoms with van der Waals surface area (Å²) in [5.74, 6) is 1.16. The van der Waals surface area contributed by atoms with Crippen molar-refractivity contribution in [3.05, 3.63) is 27.1 Å². The Balaban J connectivity index is 1.63. The number of hydrogen-bond donors (Lipinski definition) is 1. The summed E-state index contributed by atoms with van der Waals surface area (Å²) in [5, 5.41) is 4.58. The fourth-order valence-electron chi connectivity index (χ4n) is 4.16. The highest BCUT2D eigenvalue weighted by Gasteiger charge is 2.26. The van der Waals surface area contributed by atoms with Gasteiger partial charge in [0.2, 0.25) is 0 Å². The minimum Gasteiger partial charge on any atom is -0.313 e. The number of rotatable bonds is 5. The third kappa shape index (κ3) is 3.04. The molecule has 1 fully saturated rings. The van der Waals surface area contributed by atoms with Crippen molar-refractivity contribution >= 4 is 33.3 Å². The van der Waals surface area contributed by atoms with E-state index in [4.69, 9.17) is 0 Å². The molecule has 0 spiro atoms. The van der Waals surface area contributed by atoms with E-state index in [1.807, 2.05) is 16.3 Å². The third-order valence-corrected chi connectivity index (χ3v) is 7.23. The summed E-state index contributed by atoms with van der Waals surface area (Å²) in [6.07, 6.45) is 11.9. The standard InChI is InChI=1S/C18H25N3OS2/c1-23-9-8-19-12-6-7-14-15(10-12)24-17-16(14)18(22)21(11-20-17)13-4-2-3-5-13/h11-13,19H,2-10H2,1H3. The molecule has 2 aliphatic carbocycles. The van der Waals surface area contributed by atoms with Gasteiger partial charge in [-0.05, 0) is 43.9 Å². The maximum Gasteiger partial charge on any atom is 0.262 e. The van der Waals surface area contributed by atoms with Crippen LogP contribution in [-0.4, -0.2) is 34.1 Å². The first kappa shape index (κ1) is 16.6. The van der Waals surface area contributed by atoms with E-state index >= 15 is 0 Å². The van der Waals surface area contributed by atoms with Crippen LogP contribution in [0.3, 0.4) is 0 Å². The fourth-order valence-corrected chi connectivity index (χ4v) is 5.74. The van der Waals surface area contributed by atoms with Gasteiger partial charge in [-0.3, -0.25) is 9.36 Å². The van der Waals surface area contributed by atoms with Crippen LogP contribution in [0, 0.1) is 0 Å². The topological polar surface area (TPSA) is 46.9 Å². The second kappa shape index (κ2) is 7.18. The fraction of sp³-hybridized carbons (Fsp3) is 0.667. The van der Waals surface area contributed by atoms with Gasteiger partial charge in [0.25, 0.3) is 5.56 Å². The van der Waals surface area contributed by atoms with Gasteiger partial charge in [0.15, 0.2) is 0 Å². The molecule has 1 N–H and O–H groups in total. The lowest BCUT2D eigenvalue weighted by atomic mass is 9.93. The van der Waals surface area contributed by atoms with Crippen molar-refractivity contribution in [1.82, 2.24) is 14.9 Å². The summed E-state index contributed by atoms with van der Waals surface area (Å²) in [7, 11) is 0. The van der Waals surface area contributed by atoms with E-state index in [2.05, 4.69) is 16.6 Å². The molecule has 2 aromatic heterocycles. The van der Waals surface area contributed by atoms with Crippen LogP contribution < -0.4 is 10.9 Å². The Labute approximate surface area is 151 Å². The maximum absolute atomic E-state index is 13.1. The Morgan fingerprint density at radius 3 is 3.00 bits per heavy atom. The first-order valence-corrected chi connectivity index (χ1v) is 11.2. The summed E-state index contributed by atoms with van der Waals surface area (Å²) >= 11 is 3.62. The smallest absolute Gasteiger partial charge is 0.262 e. The lowest BCUT2D eigenvalue weighted by molar-refractivity contribution is 0.477. The zero-order valence-corrected chi connectivity index (χ0v) is 15.8. The monoisotopic (exact) mass is 363 g/mol. The van der Waals surface area contributed by atoms with Crippen LogP contribution >= 0.6 is 23.1 Å². The zero-order valence-electron chi connectivity index (χ0n) is 14.2. The Morgan fingerprint density at radius 1 is 1.38 bits per heavy atom. The van der Waals surface area contributed by atoms with Gasteiger partial charge in [0.05, 0.1) is 11.7 Å². The molecule has 1 atom stereocenters. The highest BCUT2D eigenvalue weighted by molar-refractivity contribution is 7.98. The van der Waals surface area contributed by atoms with E-state index in [1.54, 1.807) is 17.7 Å². The minimum atomic E-state index is 0.207. The molecular formula is C18H25N3OS2. The van der Waals surface area contributed by atoms with Crippen LogP contribution in [0.15, 0.2) is 11.1 Å². The van der Waals surface area contributed by atoms with Crippen LogP contribution in [0.1, 0.15) is 48.6 Å². The van der Waals surface area contributed by atoms with Gasteiger partial charge in [0.1, 0.15) is 4.83 Å². The van der Waals surface area contributed by atoms with Gasteiger partial charge in [-0.25, -0.2) is 4.98 Å². The molecule has 0 radical (unpaired) electrons. The molecule has 0 amide bonds. The normalized spacial score (nSPS) is 21.5. The first-order valence-electron chi connectivity index (χ1n) is 9.01. The number of fused-ring (bicyclic) bond motifs is 3. The highest BCUT2D eigenvalue weighted by Crippen LogP contribution is 2.35. The molecule has 0 bridgehead atoms. The van der Waals surface area contributed by atoms with Crippen molar-refractivity contribution in [3.63, 3.8) is 0 Å². The van der Waals surface area contributed by atoms with Crippen molar-refractivity contribution in [2.75, 3.05) is 18.6 Å². The molecule has 2 heterocycles. The molecular weight excluding hydrogens is 338 g/mol. The molecule has 0 aromatic carbocycles. The van der Waals surface area contributed by atoms with Crippen molar-refractivity contribution in [3.8, 4) is 0 Å². The summed E-state index contributed by atoms with van der Waals surface area (Å²) in [6.45, 7) is 1.07. The second-order valence-corrected chi connectivity index (χ2v) is 9.04. The number of thioether (sulfide) groups is 1. The van der Waals surface area contributed by atoms with E-state index in [-0.39, 0.29) is 5.56 Å². The second-order valence-electron chi connectivity index (χ2n) is 6.97. The van der Waals surface area contributed by atoms with Crippen molar-refractivity contribution in [2.45, 2.75) is 57.0 Å². The quantitative estimate of drug-likeness (QED) is 0.827. The maximum atomic E-state index is 13.1. The van der Waals surface area contributed by atoms with Crippen molar-refractivity contribution in [2.24, 2.45) is 0 Å². The van der Waals surface area contributed by atoms with Gasteiger partial charge in [-0.1, -0.05) is 12.8 Å². The first-order chi connectivity index (χ1) is 11.8. The van der Waals surface area contributed by atoms with Gasteiger partial charge in [-0.2, -0.15) is 11.8 Å². The lowest BCUT2D eigenvalue weighted by Gasteiger charge is -2.23. The Morgan fingerprint density at radius 2 is 2.21 bits per heavy atom. The van der Waals surface area contributed by atoms with Crippen molar-refractivity contribution < 1.29 is 0 Å². The van der Waals surface area contributed by atoms with E-state index in [0.717, 1.165) is 54.6 Å². The number of thiophene rings is 1. The molecule has 0 aliphatic heterocycles. The van der Waals surface area contributed by atoms with Crippen LogP contribution in [0.5, 0.6) is 0 Å². The van der Waals surface area contributed by atoms with Crippen molar-refractivity contribution in [1.29, 1.82) is 0 Å². The van der Waals surface area contributed by atoms with Gasteiger partial charge in [-0.15, -0.1) is 11.3 Å². The predicted molar refractivity (Wildman–Crippen MR) is 104 cm³/mol. The average molecular weight is 364 g/mol. The molecule has 4 rings (SSSR count). The predicted octanol–water partition coefficient (Wildman–Crippen LogP) is 3.38. The SMILES string of the molecule is CSCCNC1CCc2c(sc3ncn(C4CCCC4)c(=O)c23)C1. The third-order valence-electron chi connectivity index (χ3n) is 5.45. The number of nitrogens with one attached hydrogen (secondary N) is 1. The number of aromatic nitrogens is 2. The summed E-state index contributed by atoms with van der Waals surface area (Å²) in [4.78, 5) is 20.0. The largest absolute Gasteiger partial charge is 0.313 e. The summed E-state index contributed by atoms with van der Waals surface area (Å²) < 4.78 is 1.92. The molecule has 130 valence electrons. The van der Waals surface area contributed by atoms with E-state index < -0.39 is 0 Å². The van der Waals surface area contributed by atoms with E-state index in [1.165, 1.54) is 23.3 Å². The molecule has 6 heteroatoms. The molecule has 2 aliphatic rings. The van der Waals surface area contributed by atoms with Gasteiger partial charge >= 0.3 is 0 Å². The number of nitrogens with zero attached hydrogens (tertiary/aromatic N) is 2. The van der Waals surface area contributed by atoms with Crippen LogP contribution in [0.4, 0.5) is 0 Å². The van der Waals surface area contributed by atoms with Gasteiger partial charge < -0.3 is 5.32 Å². The van der Waals surface area contributed by atoms with E-state index in [0.29, 0.717) is 12.1 Å². The molecule has 1 unspecified atom stereocenters. The highest BCUT2D eigenvalue weighted by atomic mass is 32.2. The number of hydrogen-bond acceptors (Lipinski definition) is 5.